The number of benzene rings is 2. The molecule has 0 radical (unpaired) electrons. The molecular weight excluding hydrogens is 380 g/mol. The Bertz CT molecular complexity index is 1190. The van der Waals surface area contributed by atoms with Gasteiger partial charge in [0.2, 0.25) is 11.7 Å². The van der Waals surface area contributed by atoms with Crippen molar-refractivity contribution >= 4 is 16.9 Å². The zero-order valence-corrected chi connectivity index (χ0v) is 16.2. The molecule has 0 amide bonds. The molecule has 1 aliphatic heterocycles. The highest BCUT2D eigenvalue weighted by Gasteiger charge is 2.38. The highest BCUT2D eigenvalue weighted by Crippen LogP contribution is 2.43. The van der Waals surface area contributed by atoms with E-state index in [0.717, 1.165) is 0 Å². The van der Waals surface area contributed by atoms with Crippen LogP contribution in [0.2, 0.25) is 0 Å². The smallest absolute Gasteiger partial charge is 0.344 e. The highest BCUT2D eigenvalue weighted by molar-refractivity contribution is 5.98. The minimum Gasteiger partial charge on any atom is -0.493 e. The third kappa shape index (κ3) is 2.74. The molecule has 0 saturated carbocycles. The van der Waals surface area contributed by atoms with Gasteiger partial charge in [-0.25, -0.2) is 9.48 Å². The van der Waals surface area contributed by atoms with Crippen molar-refractivity contribution < 1.29 is 28.5 Å². The molecule has 0 N–H and O–H groups in total. The Morgan fingerprint density at radius 2 is 1.62 bits per heavy atom. The number of ether oxygens (including phenoxy) is 5. The zero-order chi connectivity index (χ0) is 20.7. The summed E-state index contributed by atoms with van der Waals surface area (Å²) in [4.78, 5) is 25.0. The Labute approximate surface area is 165 Å². The molecule has 3 aromatic rings. The van der Waals surface area contributed by atoms with Crippen molar-refractivity contribution in [2.75, 3.05) is 28.4 Å². The van der Waals surface area contributed by atoms with Gasteiger partial charge < -0.3 is 23.7 Å². The second-order valence-corrected chi connectivity index (χ2v) is 6.20. The zero-order valence-electron chi connectivity index (χ0n) is 16.2. The summed E-state index contributed by atoms with van der Waals surface area (Å²) in [6.45, 7) is 0. The van der Waals surface area contributed by atoms with Gasteiger partial charge in [-0.2, -0.15) is 5.10 Å². The first kappa shape index (κ1) is 18.6. The molecule has 0 bridgehead atoms. The van der Waals surface area contributed by atoms with Crippen molar-refractivity contribution in [3.05, 3.63) is 51.8 Å². The van der Waals surface area contributed by atoms with Crippen molar-refractivity contribution in [1.29, 1.82) is 0 Å². The fourth-order valence-corrected chi connectivity index (χ4v) is 3.45. The topological polar surface area (TPSA) is 98.1 Å². The number of hydrogen-bond acceptors (Lipinski definition) is 8. The van der Waals surface area contributed by atoms with E-state index < -0.39 is 12.2 Å². The number of nitrogens with zero attached hydrogens (tertiary/aromatic N) is 2. The molecule has 1 unspecified atom stereocenters. The van der Waals surface area contributed by atoms with E-state index in [-0.39, 0.29) is 16.7 Å². The van der Waals surface area contributed by atoms with E-state index in [1.54, 1.807) is 24.3 Å². The molecule has 9 nitrogen and oxygen atoms in total. The Kier molecular flexibility index (Phi) is 4.50. The van der Waals surface area contributed by atoms with Gasteiger partial charge in [0, 0.05) is 11.6 Å². The van der Waals surface area contributed by atoms with E-state index in [4.69, 9.17) is 23.7 Å². The number of carbonyl (C=O) groups excluding carboxylic acids is 1. The van der Waals surface area contributed by atoms with Crippen molar-refractivity contribution in [2.45, 2.75) is 6.23 Å². The lowest BCUT2D eigenvalue weighted by Crippen LogP contribution is -2.18. The van der Waals surface area contributed by atoms with Gasteiger partial charge in [-0.15, -0.1) is 0 Å². The number of hydrogen-bond donors (Lipinski definition) is 0. The van der Waals surface area contributed by atoms with Gasteiger partial charge in [-0.3, -0.25) is 4.79 Å². The number of carbonyl (C=O) groups is 1. The molecule has 2 heterocycles. The van der Waals surface area contributed by atoms with Crippen LogP contribution in [0.15, 0.2) is 35.3 Å². The monoisotopic (exact) mass is 398 g/mol. The minimum absolute atomic E-state index is 0.256. The van der Waals surface area contributed by atoms with Gasteiger partial charge in [-0.1, -0.05) is 0 Å². The molecule has 29 heavy (non-hydrogen) atoms. The van der Waals surface area contributed by atoms with E-state index in [2.05, 4.69) is 5.10 Å². The summed E-state index contributed by atoms with van der Waals surface area (Å²) in [6, 6.07) is 6.58. The van der Waals surface area contributed by atoms with Gasteiger partial charge in [0.15, 0.2) is 23.0 Å². The summed E-state index contributed by atoms with van der Waals surface area (Å²) in [5.41, 5.74) is 0.926. The molecule has 1 aliphatic rings. The van der Waals surface area contributed by atoms with Crippen LogP contribution in [0.25, 0.3) is 10.9 Å². The standard InChI is InChI=1S/C20H18N2O7/c1-25-14-6-5-10-17(18(14)28-4)20(24)29-19(10)22-12-8-16(27-3)15(26-2)7-11(12)13(23)9-21-22/h5-9,19H,1-4H3. The van der Waals surface area contributed by atoms with Gasteiger partial charge in [0.25, 0.3) is 0 Å². The molecular formula is C20H18N2O7. The van der Waals surface area contributed by atoms with Crippen LogP contribution in [0, 0.1) is 0 Å². The molecule has 2 aromatic carbocycles. The highest BCUT2D eigenvalue weighted by atomic mass is 16.6. The first-order valence-electron chi connectivity index (χ1n) is 8.63. The van der Waals surface area contributed by atoms with Crippen LogP contribution in [0.3, 0.4) is 0 Å². The maximum absolute atomic E-state index is 12.6. The maximum atomic E-state index is 12.6. The normalized spacial score (nSPS) is 15.0. The van der Waals surface area contributed by atoms with Crippen LogP contribution in [0.1, 0.15) is 22.1 Å². The second kappa shape index (κ2) is 7.01. The fraction of sp³-hybridized carbons (Fsp3) is 0.250. The second-order valence-electron chi connectivity index (χ2n) is 6.20. The van der Waals surface area contributed by atoms with E-state index in [1.807, 2.05) is 0 Å². The van der Waals surface area contributed by atoms with E-state index >= 15 is 0 Å². The Hall–Kier alpha value is -3.75. The van der Waals surface area contributed by atoms with Crippen molar-refractivity contribution in [3.8, 4) is 23.0 Å². The van der Waals surface area contributed by atoms with E-state index in [0.29, 0.717) is 33.7 Å². The Morgan fingerprint density at radius 3 is 2.28 bits per heavy atom. The van der Waals surface area contributed by atoms with Crippen LogP contribution in [0.5, 0.6) is 23.0 Å². The number of rotatable bonds is 5. The van der Waals surface area contributed by atoms with Crippen molar-refractivity contribution in [2.24, 2.45) is 0 Å². The lowest BCUT2D eigenvalue weighted by atomic mass is 10.1. The van der Waals surface area contributed by atoms with E-state index in [1.165, 1.54) is 39.3 Å². The molecule has 0 aliphatic carbocycles. The summed E-state index contributed by atoms with van der Waals surface area (Å²) in [5, 5.41) is 4.56. The predicted molar refractivity (Wildman–Crippen MR) is 102 cm³/mol. The SMILES string of the molecule is COc1cc2c(=O)cnn(C3OC(=O)c4c3ccc(OC)c4OC)c2cc1OC. The minimum atomic E-state index is -0.890. The quantitative estimate of drug-likeness (QED) is 0.603. The van der Waals surface area contributed by atoms with Crippen molar-refractivity contribution in [1.82, 2.24) is 9.78 Å². The number of methoxy groups -OCH3 is 4. The summed E-state index contributed by atoms with van der Waals surface area (Å²) >= 11 is 0. The number of cyclic esters (lactones) is 1. The molecule has 1 atom stereocenters. The molecule has 0 saturated heterocycles. The van der Waals surface area contributed by atoms with E-state index in [9.17, 15) is 9.59 Å². The fourth-order valence-electron chi connectivity index (χ4n) is 3.45. The Balaban J connectivity index is 1.97. The summed E-state index contributed by atoms with van der Waals surface area (Å²) < 4.78 is 28.3. The lowest BCUT2D eigenvalue weighted by Gasteiger charge is -2.18. The molecule has 0 fully saturated rings. The number of aromatic nitrogens is 2. The predicted octanol–water partition coefficient (Wildman–Crippen LogP) is 2.15. The summed E-state index contributed by atoms with van der Waals surface area (Å²) in [6.07, 6.45) is 0.277. The third-order valence-corrected chi connectivity index (χ3v) is 4.80. The lowest BCUT2D eigenvalue weighted by molar-refractivity contribution is 0.0298. The summed E-state index contributed by atoms with van der Waals surface area (Å²) in [5.74, 6) is 0.938. The van der Waals surface area contributed by atoms with Crippen LogP contribution < -0.4 is 24.4 Å². The molecule has 9 heteroatoms. The van der Waals surface area contributed by atoms with Crippen LogP contribution in [-0.2, 0) is 4.74 Å². The van der Waals surface area contributed by atoms with Crippen molar-refractivity contribution in [3.63, 3.8) is 0 Å². The van der Waals surface area contributed by atoms with Crippen LogP contribution in [0.4, 0.5) is 0 Å². The average Bonchev–Trinajstić information content (AvgIpc) is 3.08. The largest absolute Gasteiger partial charge is 0.493 e. The maximum Gasteiger partial charge on any atom is 0.344 e. The van der Waals surface area contributed by atoms with Gasteiger partial charge in [0.1, 0.15) is 5.56 Å². The number of esters is 1. The summed E-state index contributed by atoms with van der Waals surface area (Å²) in [7, 11) is 5.91. The van der Waals surface area contributed by atoms with Crippen LogP contribution in [-0.4, -0.2) is 44.2 Å². The third-order valence-electron chi connectivity index (χ3n) is 4.80. The first-order valence-corrected chi connectivity index (χ1v) is 8.63. The molecule has 4 rings (SSSR count). The van der Waals surface area contributed by atoms with Gasteiger partial charge >= 0.3 is 5.97 Å². The average molecular weight is 398 g/mol. The van der Waals surface area contributed by atoms with Gasteiger partial charge in [0.05, 0.1) is 45.5 Å². The van der Waals surface area contributed by atoms with Crippen LogP contribution >= 0.6 is 0 Å². The number of fused-ring (bicyclic) bond motifs is 2. The van der Waals surface area contributed by atoms with Gasteiger partial charge in [-0.05, 0) is 18.2 Å². The molecule has 150 valence electrons. The Morgan fingerprint density at radius 1 is 0.931 bits per heavy atom. The molecule has 0 spiro atoms. The first-order chi connectivity index (χ1) is 14.0. The molecule has 1 aromatic heterocycles.